The molecule has 0 saturated carbocycles. The van der Waals surface area contributed by atoms with Crippen molar-refractivity contribution in [2.45, 2.75) is 5.03 Å². The van der Waals surface area contributed by atoms with Crippen LogP contribution >= 0.6 is 12.6 Å². The largest absolute Gasteiger partial charge is 0.504 e. The molecule has 2 rings (SSSR count). The summed E-state index contributed by atoms with van der Waals surface area (Å²) in [5, 5.41) is 37.3. The second-order valence-electron chi connectivity index (χ2n) is 3.87. The number of phenolic OH excluding ortho intramolecular Hbond substituents is 2. The molecule has 0 fully saturated rings. The Balaban J connectivity index is 2.88. The third-order valence-corrected chi connectivity index (χ3v) is 3.02. The van der Waals surface area contributed by atoms with Crippen molar-refractivity contribution in [2.75, 3.05) is 5.73 Å². The number of thiol groups is 1. The van der Waals surface area contributed by atoms with Gasteiger partial charge < -0.3 is 15.9 Å². The van der Waals surface area contributed by atoms with Crippen LogP contribution in [0.2, 0.25) is 0 Å². The smallest absolute Gasteiger partial charge is 0.158 e. The molecule has 1 aromatic heterocycles. The molecule has 6 nitrogen and oxygen atoms in total. The second kappa shape index (κ2) is 5.00. The fourth-order valence-corrected chi connectivity index (χ4v) is 2.05. The van der Waals surface area contributed by atoms with E-state index in [0.29, 0.717) is 5.56 Å². The molecule has 98 valence electrons. The van der Waals surface area contributed by atoms with Crippen LogP contribution in [0.25, 0.3) is 11.1 Å². The van der Waals surface area contributed by atoms with E-state index in [9.17, 15) is 20.7 Å². The fourth-order valence-electron chi connectivity index (χ4n) is 1.78. The minimum absolute atomic E-state index is 0.0180. The number of hydrogen-bond acceptors (Lipinski definition) is 7. The summed E-state index contributed by atoms with van der Waals surface area (Å²) in [4.78, 5) is 3.83. The molecule has 0 radical (unpaired) electrons. The van der Waals surface area contributed by atoms with Gasteiger partial charge in [0.1, 0.15) is 28.5 Å². The summed E-state index contributed by atoms with van der Waals surface area (Å²) in [6, 6.07) is 7.73. The summed E-state index contributed by atoms with van der Waals surface area (Å²) < 4.78 is 0. The van der Waals surface area contributed by atoms with Crippen LogP contribution < -0.4 is 5.73 Å². The van der Waals surface area contributed by atoms with Gasteiger partial charge in [0, 0.05) is 5.56 Å². The monoisotopic (exact) mass is 284 g/mol. The van der Waals surface area contributed by atoms with E-state index in [4.69, 9.17) is 5.73 Å². The lowest BCUT2D eigenvalue weighted by molar-refractivity contribution is 0.404. The second-order valence-corrected chi connectivity index (χ2v) is 4.30. The maximum atomic E-state index is 9.55. The van der Waals surface area contributed by atoms with Crippen LogP contribution in [0.4, 0.5) is 5.82 Å². The average molecular weight is 284 g/mol. The zero-order valence-electron chi connectivity index (χ0n) is 9.99. The normalized spacial score (nSPS) is 9.75. The summed E-state index contributed by atoms with van der Waals surface area (Å²) in [6.07, 6.45) is 0. The van der Waals surface area contributed by atoms with Gasteiger partial charge in [0.15, 0.2) is 11.5 Å². The summed E-state index contributed by atoms with van der Waals surface area (Å²) >= 11 is 4.07. The molecule has 2 aromatic rings. The van der Waals surface area contributed by atoms with Crippen molar-refractivity contribution in [1.29, 1.82) is 10.5 Å². The number of aromatic hydroxyl groups is 2. The van der Waals surface area contributed by atoms with E-state index in [2.05, 4.69) is 17.6 Å². The van der Waals surface area contributed by atoms with E-state index in [1.54, 1.807) is 0 Å². The number of anilines is 1. The number of benzene rings is 1. The highest BCUT2D eigenvalue weighted by atomic mass is 32.1. The Morgan fingerprint density at radius 2 is 1.75 bits per heavy atom. The molecular formula is C13H8N4O2S. The average Bonchev–Trinajstić information content (AvgIpc) is 2.41. The summed E-state index contributed by atoms with van der Waals surface area (Å²) in [5.41, 5.74) is 6.33. The molecule has 0 saturated heterocycles. The lowest BCUT2D eigenvalue weighted by Crippen LogP contribution is -2.02. The first-order chi connectivity index (χ1) is 9.49. The molecule has 20 heavy (non-hydrogen) atoms. The van der Waals surface area contributed by atoms with Crippen molar-refractivity contribution in [3.63, 3.8) is 0 Å². The number of nitrogens with two attached hydrogens (primary N) is 1. The van der Waals surface area contributed by atoms with E-state index in [1.165, 1.54) is 18.2 Å². The molecule has 4 N–H and O–H groups in total. The summed E-state index contributed by atoms with van der Waals surface area (Å²) in [7, 11) is 0. The van der Waals surface area contributed by atoms with Gasteiger partial charge in [0.2, 0.25) is 0 Å². The highest BCUT2D eigenvalue weighted by Gasteiger charge is 2.19. The molecule has 1 aromatic carbocycles. The quantitative estimate of drug-likeness (QED) is 0.467. The molecule has 0 aliphatic heterocycles. The fraction of sp³-hybridized carbons (Fsp3) is 0. The lowest BCUT2D eigenvalue weighted by Gasteiger charge is -2.11. The third kappa shape index (κ3) is 2.07. The van der Waals surface area contributed by atoms with Gasteiger partial charge in [-0.25, -0.2) is 4.98 Å². The SMILES string of the molecule is N#Cc1c(N)nc(S)c(C#N)c1-c1ccc(O)c(O)c1. The van der Waals surface area contributed by atoms with Crippen LogP contribution in [0.1, 0.15) is 11.1 Å². The Labute approximate surface area is 119 Å². The van der Waals surface area contributed by atoms with Gasteiger partial charge in [-0.15, -0.1) is 12.6 Å². The number of hydrogen-bond donors (Lipinski definition) is 4. The predicted molar refractivity (Wildman–Crippen MR) is 74.1 cm³/mol. The first-order valence-electron chi connectivity index (χ1n) is 5.34. The first kappa shape index (κ1) is 13.5. The van der Waals surface area contributed by atoms with Crippen molar-refractivity contribution >= 4 is 18.4 Å². The maximum absolute atomic E-state index is 9.55. The molecular weight excluding hydrogens is 276 g/mol. The lowest BCUT2D eigenvalue weighted by atomic mass is 9.96. The van der Waals surface area contributed by atoms with Crippen molar-refractivity contribution < 1.29 is 10.2 Å². The third-order valence-electron chi connectivity index (χ3n) is 2.69. The van der Waals surface area contributed by atoms with Crippen LogP contribution in [0.15, 0.2) is 23.2 Å². The van der Waals surface area contributed by atoms with Gasteiger partial charge in [-0.1, -0.05) is 6.07 Å². The Morgan fingerprint density at radius 1 is 1.10 bits per heavy atom. The number of aromatic nitrogens is 1. The number of nitrogen functional groups attached to an aromatic ring is 1. The molecule has 0 aliphatic carbocycles. The topological polar surface area (TPSA) is 127 Å². The predicted octanol–water partition coefficient (Wildman–Crippen LogP) is 1.77. The molecule has 1 heterocycles. The van der Waals surface area contributed by atoms with Gasteiger partial charge in [-0.2, -0.15) is 10.5 Å². The van der Waals surface area contributed by atoms with E-state index < -0.39 is 0 Å². The molecule has 0 aliphatic rings. The number of nitriles is 2. The van der Waals surface area contributed by atoms with Gasteiger partial charge in [0.05, 0.1) is 5.56 Å². The highest BCUT2D eigenvalue weighted by Crippen LogP contribution is 2.36. The van der Waals surface area contributed by atoms with Crippen molar-refractivity contribution in [3.8, 4) is 34.8 Å². The van der Waals surface area contributed by atoms with E-state index >= 15 is 0 Å². The Bertz CT molecular complexity index is 752. The van der Waals surface area contributed by atoms with Crippen LogP contribution in [0, 0.1) is 22.7 Å². The minimum atomic E-state index is -0.369. The van der Waals surface area contributed by atoms with Gasteiger partial charge in [-0.3, -0.25) is 0 Å². The Morgan fingerprint density at radius 3 is 2.30 bits per heavy atom. The van der Waals surface area contributed by atoms with Crippen molar-refractivity contribution in [2.24, 2.45) is 0 Å². The first-order valence-corrected chi connectivity index (χ1v) is 5.79. The molecule has 0 spiro atoms. The molecule has 0 atom stereocenters. The molecule has 0 amide bonds. The van der Waals surface area contributed by atoms with Crippen LogP contribution in [0.3, 0.4) is 0 Å². The zero-order chi connectivity index (χ0) is 14.9. The zero-order valence-corrected chi connectivity index (χ0v) is 10.9. The minimum Gasteiger partial charge on any atom is -0.504 e. The van der Waals surface area contributed by atoms with E-state index in [0.717, 1.165) is 0 Å². The summed E-state index contributed by atoms with van der Waals surface area (Å²) in [6.45, 7) is 0. The summed E-state index contributed by atoms with van der Waals surface area (Å²) in [5.74, 6) is -0.732. The van der Waals surface area contributed by atoms with Crippen LogP contribution in [-0.4, -0.2) is 15.2 Å². The van der Waals surface area contributed by atoms with Crippen molar-refractivity contribution in [3.05, 3.63) is 29.3 Å². The Kier molecular flexibility index (Phi) is 3.38. The number of rotatable bonds is 1. The maximum Gasteiger partial charge on any atom is 0.158 e. The standard InChI is InChI=1S/C13H8N4O2S/c14-4-7-11(6-1-2-9(18)10(19)3-6)8(5-15)13(20)17-12(7)16/h1-3,18-19H,(H3,16,17,20). The molecule has 7 heteroatoms. The highest BCUT2D eigenvalue weighted by molar-refractivity contribution is 7.80. The van der Waals surface area contributed by atoms with Gasteiger partial charge in [0.25, 0.3) is 0 Å². The van der Waals surface area contributed by atoms with Crippen molar-refractivity contribution in [1.82, 2.24) is 4.98 Å². The molecule has 0 unspecified atom stereocenters. The van der Waals surface area contributed by atoms with E-state index in [1.807, 2.05) is 12.1 Å². The van der Waals surface area contributed by atoms with Crippen LogP contribution in [-0.2, 0) is 0 Å². The number of pyridine rings is 1. The van der Waals surface area contributed by atoms with Crippen LogP contribution in [0.5, 0.6) is 11.5 Å². The Hall–Kier alpha value is -2.90. The number of phenols is 2. The van der Waals surface area contributed by atoms with Gasteiger partial charge in [-0.05, 0) is 17.7 Å². The molecule has 0 bridgehead atoms. The van der Waals surface area contributed by atoms with E-state index in [-0.39, 0.29) is 39.0 Å². The van der Waals surface area contributed by atoms with Gasteiger partial charge >= 0.3 is 0 Å². The number of nitrogens with zero attached hydrogens (tertiary/aromatic N) is 3.